The molecule has 0 bridgehead atoms. The normalized spacial score (nSPS) is 20.3. The smallest absolute Gasteiger partial charge is 0.260 e. The van der Waals surface area contributed by atoms with Crippen LogP contribution in [0.15, 0.2) is 75.7 Å². The van der Waals surface area contributed by atoms with Crippen molar-refractivity contribution in [2.45, 2.75) is 62.4 Å². The quantitative estimate of drug-likeness (QED) is 0.265. The van der Waals surface area contributed by atoms with Crippen LogP contribution in [0.3, 0.4) is 0 Å². The molecular weight excluding hydrogens is 597 g/mol. The Balaban J connectivity index is 1.40. The maximum absolute atomic E-state index is 15.8. The van der Waals surface area contributed by atoms with Crippen LogP contribution in [0.4, 0.5) is 13.2 Å². The average Bonchev–Trinajstić information content (AvgIpc) is 3.28. The van der Waals surface area contributed by atoms with Gasteiger partial charge in [0.1, 0.15) is 11.7 Å². The number of halogens is 3. The second-order valence-electron chi connectivity index (χ2n) is 12.6. The lowest BCUT2D eigenvalue weighted by Gasteiger charge is -2.38. The van der Waals surface area contributed by atoms with Crippen LogP contribution in [0.5, 0.6) is 5.75 Å². The molecule has 1 unspecified atom stereocenters. The van der Waals surface area contributed by atoms with E-state index in [0.717, 1.165) is 38.4 Å². The Morgan fingerprint density at radius 1 is 1.04 bits per heavy atom. The van der Waals surface area contributed by atoms with E-state index in [0.29, 0.717) is 29.1 Å². The number of rotatable bonds is 8. The van der Waals surface area contributed by atoms with E-state index in [1.54, 1.807) is 35.4 Å². The van der Waals surface area contributed by atoms with Gasteiger partial charge in [0.15, 0.2) is 11.6 Å². The SMILES string of the molecule is COc1cccc(-c2c(C)c(CC3=C(F)CCC=C3F)c3n(c2=O)C(CN2CCN(Cc4ccccn4)CC2)C(C)(C)S3)c1F. The van der Waals surface area contributed by atoms with Gasteiger partial charge in [-0.3, -0.25) is 24.1 Å². The van der Waals surface area contributed by atoms with E-state index < -0.39 is 22.2 Å². The minimum Gasteiger partial charge on any atom is -0.494 e. The molecule has 0 amide bonds. The third-order valence-corrected chi connectivity index (χ3v) is 10.8. The van der Waals surface area contributed by atoms with Crippen LogP contribution in [0.1, 0.15) is 49.6 Å². The first kappa shape index (κ1) is 31.6. The largest absolute Gasteiger partial charge is 0.494 e. The van der Waals surface area contributed by atoms with Gasteiger partial charge in [0, 0.05) is 74.2 Å². The summed E-state index contributed by atoms with van der Waals surface area (Å²) in [6, 6.07) is 10.4. The van der Waals surface area contributed by atoms with Gasteiger partial charge in [0.25, 0.3) is 5.56 Å². The summed E-state index contributed by atoms with van der Waals surface area (Å²) in [4.78, 5) is 23.8. The molecule has 6 nitrogen and oxygen atoms in total. The van der Waals surface area contributed by atoms with E-state index in [2.05, 4.69) is 28.6 Å². The van der Waals surface area contributed by atoms with Gasteiger partial charge in [-0.25, -0.2) is 13.2 Å². The number of piperazine rings is 1. The van der Waals surface area contributed by atoms with Crippen LogP contribution in [0, 0.1) is 12.7 Å². The van der Waals surface area contributed by atoms with Gasteiger partial charge >= 0.3 is 0 Å². The molecule has 238 valence electrons. The van der Waals surface area contributed by atoms with Crippen molar-refractivity contribution in [2.75, 3.05) is 39.8 Å². The number of pyridine rings is 2. The maximum Gasteiger partial charge on any atom is 0.260 e. The zero-order valence-corrected chi connectivity index (χ0v) is 27.0. The highest BCUT2D eigenvalue weighted by Crippen LogP contribution is 2.51. The first-order valence-electron chi connectivity index (χ1n) is 15.5. The number of hydrogen-bond donors (Lipinski definition) is 0. The molecule has 45 heavy (non-hydrogen) atoms. The first-order chi connectivity index (χ1) is 21.6. The molecular formula is C35H39F3N4O2S. The summed E-state index contributed by atoms with van der Waals surface area (Å²) in [6.45, 7) is 10.8. The molecule has 1 aliphatic carbocycles. The number of allylic oxidation sites excluding steroid dienone is 4. The Bertz CT molecular complexity index is 1710. The van der Waals surface area contributed by atoms with Crippen molar-refractivity contribution in [3.8, 4) is 16.9 Å². The van der Waals surface area contributed by atoms with Gasteiger partial charge in [-0.15, -0.1) is 0 Å². The highest BCUT2D eigenvalue weighted by molar-refractivity contribution is 8.00. The van der Waals surface area contributed by atoms with Crippen molar-refractivity contribution in [1.29, 1.82) is 0 Å². The Hall–Kier alpha value is -3.34. The molecule has 4 heterocycles. The summed E-state index contributed by atoms with van der Waals surface area (Å²) in [5.41, 5.74) is 2.26. The monoisotopic (exact) mass is 636 g/mol. The van der Waals surface area contributed by atoms with E-state index in [1.807, 2.05) is 24.4 Å². The van der Waals surface area contributed by atoms with Crippen LogP contribution in [0.25, 0.3) is 11.1 Å². The van der Waals surface area contributed by atoms with Crippen molar-refractivity contribution in [3.63, 3.8) is 0 Å². The van der Waals surface area contributed by atoms with Gasteiger partial charge < -0.3 is 4.74 Å². The lowest BCUT2D eigenvalue weighted by molar-refractivity contribution is 0.108. The van der Waals surface area contributed by atoms with Crippen LogP contribution in [0.2, 0.25) is 0 Å². The Labute approximate surface area is 266 Å². The van der Waals surface area contributed by atoms with Crippen molar-refractivity contribution >= 4 is 11.8 Å². The molecule has 1 saturated heterocycles. The van der Waals surface area contributed by atoms with Crippen molar-refractivity contribution in [3.05, 3.63) is 98.9 Å². The summed E-state index contributed by atoms with van der Waals surface area (Å²) in [5.74, 6) is -1.65. The molecule has 0 radical (unpaired) electrons. The highest BCUT2D eigenvalue weighted by Gasteiger charge is 2.44. The second kappa shape index (κ2) is 12.8. The number of thioether (sulfide) groups is 1. The molecule has 1 fully saturated rings. The molecule has 2 aromatic heterocycles. The molecule has 0 N–H and O–H groups in total. The molecule has 3 aliphatic rings. The minimum absolute atomic E-state index is 0.00810. The number of fused-ring (bicyclic) bond motifs is 1. The van der Waals surface area contributed by atoms with E-state index in [9.17, 15) is 4.79 Å². The summed E-state index contributed by atoms with van der Waals surface area (Å²) in [5, 5.41) is 0.701. The number of benzene rings is 1. The molecule has 0 saturated carbocycles. The van der Waals surface area contributed by atoms with E-state index >= 15 is 13.2 Å². The van der Waals surface area contributed by atoms with Crippen molar-refractivity contribution in [1.82, 2.24) is 19.4 Å². The Morgan fingerprint density at radius 3 is 2.49 bits per heavy atom. The van der Waals surface area contributed by atoms with Crippen molar-refractivity contribution < 1.29 is 17.9 Å². The van der Waals surface area contributed by atoms with Gasteiger partial charge in [0.2, 0.25) is 0 Å². The van der Waals surface area contributed by atoms with Gasteiger partial charge in [-0.05, 0) is 62.6 Å². The standard InChI is InChI=1S/C35H39F3N4O2S/c1-22-25(19-26-27(36)11-8-12-28(26)37)34-42(33(43)31(22)24-10-7-13-29(44-4)32(24)38)30(35(2,3)45-34)21-41-17-15-40(16-18-41)20-23-9-5-6-14-39-23/h5-7,9-11,13-14,30H,8,12,15-21H2,1-4H3. The number of aromatic nitrogens is 2. The molecule has 2 aliphatic heterocycles. The molecule has 1 aromatic carbocycles. The number of hydrogen-bond acceptors (Lipinski definition) is 6. The molecule has 6 rings (SSSR count). The third kappa shape index (κ3) is 6.12. The van der Waals surface area contributed by atoms with Gasteiger partial charge in [-0.2, -0.15) is 0 Å². The van der Waals surface area contributed by atoms with E-state index in [1.165, 1.54) is 19.3 Å². The van der Waals surface area contributed by atoms with Gasteiger partial charge in [-0.1, -0.05) is 30.0 Å². The zero-order chi connectivity index (χ0) is 31.9. The summed E-state index contributed by atoms with van der Waals surface area (Å²) in [6.07, 6.45) is 3.66. The van der Waals surface area contributed by atoms with Crippen LogP contribution in [-0.4, -0.2) is 63.9 Å². The third-order valence-electron chi connectivity index (χ3n) is 9.33. The Morgan fingerprint density at radius 2 is 1.80 bits per heavy atom. The molecule has 0 spiro atoms. The van der Waals surface area contributed by atoms with Crippen LogP contribution in [-0.2, 0) is 13.0 Å². The lowest BCUT2D eigenvalue weighted by Crippen LogP contribution is -2.49. The van der Waals surface area contributed by atoms with E-state index in [-0.39, 0.29) is 46.9 Å². The van der Waals surface area contributed by atoms with Crippen LogP contribution >= 0.6 is 11.8 Å². The molecule has 10 heteroatoms. The fourth-order valence-corrected chi connectivity index (χ4v) is 8.19. The predicted molar refractivity (Wildman–Crippen MR) is 173 cm³/mol. The van der Waals surface area contributed by atoms with Crippen molar-refractivity contribution in [2.24, 2.45) is 0 Å². The van der Waals surface area contributed by atoms with E-state index in [4.69, 9.17) is 4.74 Å². The zero-order valence-electron chi connectivity index (χ0n) is 26.2. The number of methoxy groups -OCH3 is 1. The number of nitrogens with zero attached hydrogens (tertiary/aromatic N) is 4. The average molecular weight is 637 g/mol. The lowest BCUT2D eigenvalue weighted by atomic mass is 9.91. The highest BCUT2D eigenvalue weighted by atomic mass is 32.2. The summed E-state index contributed by atoms with van der Waals surface area (Å²) < 4.78 is 52.5. The second-order valence-corrected chi connectivity index (χ2v) is 14.2. The van der Waals surface area contributed by atoms with Crippen LogP contribution < -0.4 is 10.3 Å². The summed E-state index contributed by atoms with van der Waals surface area (Å²) >= 11 is 1.57. The summed E-state index contributed by atoms with van der Waals surface area (Å²) in [7, 11) is 1.38. The first-order valence-corrected chi connectivity index (χ1v) is 16.3. The number of ether oxygens (including phenoxy) is 1. The maximum atomic E-state index is 15.8. The predicted octanol–water partition coefficient (Wildman–Crippen LogP) is 7.02. The topological polar surface area (TPSA) is 50.6 Å². The van der Waals surface area contributed by atoms with Gasteiger partial charge in [0.05, 0.1) is 29.4 Å². The fourth-order valence-electron chi connectivity index (χ4n) is 6.72. The Kier molecular flexibility index (Phi) is 9.00. The molecule has 1 atom stereocenters. The fraction of sp³-hybridized carbons (Fsp3) is 0.429. The molecule has 3 aromatic rings. The minimum atomic E-state index is -0.633.